The minimum absolute atomic E-state index is 0.143. The maximum absolute atomic E-state index is 12.9. The molecule has 17 heavy (non-hydrogen) atoms. The summed E-state index contributed by atoms with van der Waals surface area (Å²) in [4.78, 5) is 15.4. The molecule has 2 atom stereocenters. The van der Waals surface area contributed by atoms with E-state index in [0.29, 0.717) is 4.47 Å². The lowest BCUT2D eigenvalue weighted by Gasteiger charge is -2.11. The van der Waals surface area contributed by atoms with E-state index in [0.717, 1.165) is 6.20 Å². The standard InChI is InChI=1S/C10H10BrF2N3O/c11-7-1-5(12)4-15-9(7)16-10(17)8-2-6(13)3-14-8/h1,4,6,8,14H,2-3H2,(H,15,16,17). The van der Waals surface area contributed by atoms with Gasteiger partial charge in [-0.2, -0.15) is 0 Å². The molecule has 1 amide bonds. The SMILES string of the molecule is O=C(Nc1ncc(F)cc1Br)C1CC(F)CN1. The molecule has 0 aliphatic carbocycles. The zero-order chi connectivity index (χ0) is 12.4. The molecule has 1 saturated heterocycles. The molecule has 1 aliphatic heterocycles. The van der Waals surface area contributed by atoms with Crippen LogP contribution in [0.3, 0.4) is 0 Å². The number of anilines is 1. The lowest BCUT2D eigenvalue weighted by Crippen LogP contribution is -2.35. The first-order chi connectivity index (χ1) is 8.06. The highest BCUT2D eigenvalue weighted by molar-refractivity contribution is 9.10. The van der Waals surface area contributed by atoms with Crippen LogP contribution in [0.4, 0.5) is 14.6 Å². The summed E-state index contributed by atoms with van der Waals surface area (Å²) >= 11 is 3.08. The second-order valence-electron chi connectivity index (χ2n) is 3.77. The van der Waals surface area contributed by atoms with Gasteiger partial charge in [-0.1, -0.05) is 0 Å². The zero-order valence-electron chi connectivity index (χ0n) is 8.71. The van der Waals surface area contributed by atoms with E-state index in [1.165, 1.54) is 6.07 Å². The van der Waals surface area contributed by atoms with E-state index in [4.69, 9.17) is 0 Å². The van der Waals surface area contributed by atoms with E-state index in [9.17, 15) is 13.6 Å². The largest absolute Gasteiger partial charge is 0.308 e. The maximum atomic E-state index is 12.9. The molecular formula is C10H10BrF2N3O. The number of aromatic nitrogens is 1. The first kappa shape index (κ1) is 12.4. The molecule has 1 aromatic rings. The topological polar surface area (TPSA) is 54.0 Å². The number of halogens is 3. The number of nitrogens with zero attached hydrogens (tertiary/aromatic N) is 1. The van der Waals surface area contributed by atoms with Crippen molar-refractivity contribution in [2.75, 3.05) is 11.9 Å². The van der Waals surface area contributed by atoms with Gasteiger partial charge >= 0.3 is 0 Å². The number of nitrogens with one attached hydrogen (secondary N) is 2. The number of pyridine rings is 1. The molecule has 0 bridgehead atoms. The summed E-state index contributed by atoms with van der Waals surface area (Å²) in [6.45, 7) is 0.177. The Morgan fingerprint density at radius 1 is 1.65 bits per heavy atom. The number of carbonyl (C=O) groups excluding carboxylic acids is 1. The minimum atomic E-state index is -1.00. The highest BCUT2D eigenvalue weighted by Crippen LogP contribution is 2.21. The number of carbonyl (C=O) groups is 1. The predicted octanol–water partition coefficient (Wildman–Crippen LogP) is 1.62. The summed E-state index contributed by atoms with van der Waals surface area (Å²) in [5, 5.41) is 5.26. The van der Waals surface area contributed by atoms with Crippen molar-refractivity contribution < 1.29 is 13.6 Å². The monoisotopic (exact) mass is 305 g/mol. The fraction of sp³-hybridized carbons (Fsp3) is 0.400. The first-order valence-corrected chi connectivity index (χ1v) is 5.85. The Kier molecular flexibility index (Phi) is 3.68. The van der Waals surface area contributed by atoms with Crippen molar-refractivity contribution in [2.45, 2.75) is 18.6 Å². The van der Waals surface area contributed by atoms with Crippen LogP contribution in [0.2, 0.25) is 0 Å². The van der Waals surface area contributed by atoms with Crippen LogP contribution in [0.15, 0.2) is 16.7 Å². The smallest absolute Gasteiger partial charge is 0.242 e. The fourth-order valence-corrected chi connectivity index (χ4v) is 2.02. The lowest BCUT2D eigenvalue weighted by molar-refractivity contribution is -0.117. The van der Waals surface area contributed by atoms with Crippen LogP contribution in [-0.4, -0.2) is 29.6 Å². The Balaban J connectivity index is 2.03. The van der Waals surface area contributed by atoms with Crippen LogP contribution in [0.5, 0.6) is 0 Å². The summed E-state index contributed by atoms with van der Waals surface area (Å²) in [5.74, 6) is -0.650. The Morgan fingerprint density at radius 3 is 3.00 bits per heavy atom. The van der Waals surface area contributed by atoms with E-state index in [1.54, 1.807) is 0 Å². The van der Waals surface area contributed by atoms with Gasteiger partial charge in [0.05, 0.1) is 16.7 Å². The summed E-state index contributed by atoms with van der Waals surface area (Å²) < 4.78 is 26.0. The Bertz CT molecular complexity index is 444. The Labute approximate surface area is 105 Å². The van der Waals surface area contributed by atoms with Crippen molar-refractivity contribution in [3.63, 3.8) is 0 Å². The molecule has 1 aliphatic rings. The van der Waals surface area contributed by atoms with Crippen LogP contribution in [0, 0.1) is 5.82 Å². The van der Waals surface area contributed by atoms with Crippen LogP contribution >= 0.6 is 15.9 Å². The molecular weight excluding hydrogens is 296 g/mol. The average molecular weight is 306 g/mol. The van der Waals surface area contributed by atoms with Crippen molar-refractivity contribution in [3.05, 3.63) is 22.6 Å². The van der Waals surface area contributed by atoms with Crippen LogP contribution in [0.25, 0.3) is 0 Å². The van der Waals surface area contributed by atoms with Crippen molar-refractivity contribution in [1.29, 1.82) is 0 Å². The second-order valence-corrected chi connectivity index (χ2v) is 4.62. The Hall–Kier alpha value is -1.08. The summed E-state index contributed by atoms with van der Waals surface area (Å²) in [6.07, 6.45) is 0.140. The molecule has 7 heteroatoms. The average Bonchev–Trinajstić information content (AvgIpc) is 2.69. The van der Waals surface area contributed by atoms with Crippen LogP contribution in [0.1, 0.15) is 6.42 Å². The minimum Gasteiger partial charge on any atom is -0.308 e. The highest BCUT2D eigenvalue weighted by atomic mass is 79.9. The summed E-state index contributed by atoms with van der Waals surface area (Å²) in [5.41, 5.74) is 0. The van der Waals surface area contributed by atoms with Gasteiger partial charge in [0.15, 0.2) is 0 Å². The highest BCUT2D eigenvalue weighted by Gasteiger charge is 2.29. The van der Waals surface area contributed by atoms with Gasteiger partial charge in [0.1, 0.15) is 17.8 Å². The zero-order valence-corrected chi connectivity index (χ0v) is 10.3. The third kappa shape index (κ3) is 2.98. The molecule has 0 saturated carbocycles. The third-order valence-electron chi connectivity index (χ3n) is 2.44. The van der Waals surface area contributed by atoms with E-state index < -0.39 is 18.0 Å². The molecule has 1 aromatic heterocycles. The van der Waals surface area contributed by atoms with Gasteiger partial charge in [0.2, 0.25) is 5.91 Å². The molecule has 92 valence electrons. The van der Waals surface area contributed by atoms with Gasteiger partial charge in [-0.05, 0) is 22.0 Å². The van der Waals surface area contributed by atoms with Gasteiger partial charge < -0.3 is 10.6 Å². The number of rotatable bonds is 2. The van der Waals surface area contributed by atoms with Crippen molar-refractivity contribution in [1.82, 2.24) is 10.3 Å². The van der Waals surface area contributed by atoms with E-state index in [2.05, 4.69) is 31.5 Å². The van der Waals surface area contributed by atoms with E-state index >= 15 is 0 Å². The van der Waals surface area contributed by atoms with Crippen LogP contribution < -0.4 is 10.6 Å². The number of hydrogen-bond donors (Lipinski definition) is 2. The van der Waals surface area contributed by atoms with Gasteiger partial charge in [0.25, 0.3) is 0 Å². The van der Waals surface area contributed by atoms with Gasteiger partial charge in [0, 0.05) is 13.0 Å². The normalized spacial score (nSPS) is 23.7. The molecule has 2 heterocycles. The molecule has 0 aromatic carbocycles. The molecule has 2 unspecified atom stereocenters. The first-order valence-electron chi connectivity index (χ1n) is 5.05. The van der Waals surface area contributed by atoms with Gasteiger partial charge in [-0.15, -0.1) is 0 Å². The van der Waals surface area contributed by atoms with Crippen molar-refractivity contribution in [3.8, 4) is 0 Å². The number of amides is 1. The molecule has 1 fully saturated rings. The third-order valence-corrected chi connectivity index (χ3v) is 3.05. The fourth-order valence-electron chi connectivity index (χ4n) is 1.60. The molecule has 0 radical (unpaired) electrons. The quantitative estimate of drug-likeness (QED) is 0.873. The molecule has 2 rings (SSSR count). The maximum Gasteiger partial charge on any atom is 0.242 e. The van der Waals surface area contributed by atoms with Crippen molar-refractivity contribution in [2.24, 2.45) is 0 Å². The Morgan fingerprint density at radius 2 is 2.41 bits per heavy atom. The predicted molar refractivity (Wildman–Crippen MR) is 61.8 cm³/mol. The summed E-state index contributed by atoms with van der Waals surface area (Å²) in [6, 6.07) is 0.631. The van der Waals surface area contributed by atoms with Crippen LogP contribution in [-0.2, 0) is 4.79 Å². The second kappa shape index (κ2) is 5.05. The van der Waals surface area contributed by atoms with Gasteiger partial charge in [-0.3, -0.25) is 4.79 Å². The summed E-state index contributed by atoms with van der Waals surface area (Å²) in [7, 11) is 0. The van der Waals surface area contributed by atoms with Crippen molar-refractivity contribution >= 4 is 27.7 Å². The lowest BCUT2D eigenvalue weighted by atomic mass is 10.2. The van der Waals surface area contributed by atoms with E-state index in [-0.39, 0.29) is 24.7 Å². The molecule has 2 N–H and O–H groups in total. The van der Waals surface area contributed by atoms with E-state index in [1.807, 2.05) is 0 Å². The molecule has 0 spiro atoms. The number of alkyl halides is 1. The van der Waals surface area contributed by atoms with Gasteiger partial charge in [-0.25, -0.2) is 13.8 Å². The molecule has 4 nitrogen and oxygen atoms in total. The number of hydrogen-bond acceptors (Lipinski definition) is 3.